The minimum atomic E-state index is -0.138. The van der Waals surface area contributed by atoms with Gasteiger partial charge in [-0.25, -0.2) is 4.98 Å². The summed E-state index contributed by atoms with van der Waals surface area (Å²) in [6, 6.07) is 17.7. The first-order valence-corrected chi connectivity index (χ1v) is 10.9. The topological polar surface area (TPSA) is 76.5 Å². The number of likely N-dealkylation sites (tertiary alicyclic amines) is 1. The fourth-order valence-corrected chi connectivity index (χ4v) is 4.05. The van der Waals surface area contributed by atoms with Crippen molar-refractivity contribution in [1.82, 2.24) is 19.8 Å². The van der Waals surface area contributed by atoms with Gasteiger partial charge in [0.2, 0.25) is 5.91 Å². The smallest absolute Gasteiger partial charge is 0.269 e. The number of nitrogens with one attached hydrogen (secondary N) is 1. The molecule has 7 nitrogen and oxygen atoms in total. The van der Waals surface area contributed by atoms with Crippen molar-refractivity contribution in [1.29, 1.82) is 0 Å². The van der Waals surface area contributed by atoms with Crippen molar-refractivity contribution in [3.8, 4) is 5.75 Å². The maximum atomic E-state index is 12.8. The van der Waals surface area contributed by atoms with Crippen molar-refractivity contribution in [2.45, 2.75) is 25.3 Å². The van der Waals surface area contributed by atoms with Crippen LogP contribution < -0.4 is 10.1 Å². The van der Waals surface area contributed by atoms with Crippen LogP contribution in [0.4, 0.5) is 0 Å². The average molecular weight is 433 g/mol. The Balaban J connectivity index is 1.31. The van der Waals surface area contributed by atoms with Crippen molar-refractivity contribution in [3.05, 3.63) is 83.9 Å². The molecule has 1 aromatic heterocycles. The molecular weight excluding hydrogens is 404 g/mol. The van der Waals surface area contributed by atoms with Crippen LogP contribution in [0.2, 0.25) is 0 Å². The Hall–Kier alpha value is -3.61. The van der Waals surface area contributed by atoms with Gasteiger partial charge in [-0.2, -0.15) is 0 Å². The van der Waals surface area contributed by atoms with E-state index in [1.165, 1.54) is 5.56 Å². The maximum absolute atomic E-state index is 12.8. The molecule has 4 rings (SSSR count). The van der Waals surface area contributed by atoms with E-state index in [0.29, 0.717) is 31.7 Å². The standard InChI is InChI=1S/C25H28N4O3/c1-32-22-9-7-20(8-10-22)15-24(30)28-14-12-21(17-28)29-18-26-16-23(29)25(31)27-13-11-19-5-3-2-4-6-19/h2-10,16,18,21H,11-15,17H2,1H3,(H,27,31)/t21-/m1/s1. The molecule has 0 aliphatic carbocycles. The molecule has 32 heavy (non-hydrogen) atoms. The predicted molar refractivity (Wildman–Crippen MR) is 122 cm³/mol. The molecule has 0 spiro atoms. The van der Waals surface area contributed by atoms with Crippen LogP contribution in [0.15, 0.2) is 67.1 Å². The second-order valence-corrected chi connectivity index (χ2v) is 7.98. The number of nitrogens with zero attached hydrogens (tertiary/aromatic N) is 3. The van der Waals surface area contributed by atoms with Crippen molar-refractivity contribution in [3.63, 3.8) is 0 Å². The minimum absolute atomic E-state index is 0.0483. The number of aromatic nitrogens is 2. The molecule has 2 amide bonds. The van der Waals surface area contributed by atoms with Gasteiger partial charge in [0.1, 0.15) is 11.4 Å². The first-order valence-electron chi connectivity index (χ1n) is 10.9. The molecule has 1 atom stereocenters. The number of carbonyl (C=O) groups excluding carboxylic acids is 2. The highest BCUT2D eigenvalue weighted by Gasteiger charge is 2.29. The van der Waals surface area contributed by atoms with Crippen molar-refractivity contribution < 1.29 is 14.3 Å². The molecule has 1 N–H and O–H groups in total. The SMILES string of the molecule is COc1ccc(CC(=O)N2CC[C@@H](n3cncc3C(=O)NCCc3ccccc3)C2)cc1. The number of benzene rings is 2. The monoisotopic (exact) mass is 432 g/mol. The Morgan fingerprint density at radius 1 is 1.09 bits per heavy atom. The van der Waals surface area contributed by atoms with E-state index >= 15 is 0 Å². The average Bonchev–Trinajstić information content (AvgIpc) is 3.50. The lowest BCUT2D eigenvalue weighted by atomic mass is 10.1. The molecule has 1 fully saturated rings. The van der Waals surface area contributed by atoms with E-state index < -0.39 is 0 Å². The van der Waals surface area contributed by atoms with Gasteiger partial charge in [-0.3, -0.25) is 9.59 Å². The summed E-state index contributed by atoms with van der Waals surface area (Å²) in [5.74, 6) is 0.727. The Bertz CT molecular complexity index is 1050. The summed E-state index contributed by atoms with van der Waals surface area (Å²) in [4.78, 5) is 31.6. The summed E-state index contributed by atoms with van der Waals surface area (Å²) < 4.78 is 7.07. The fourth-order valence-electron chi connectivity index (χ4n) is 4.05. The zero-order valence-electron chi connectivity index (χ0n) is 18.2. The van der Waals surface area contributed by atoms with E-state index in [1.807, 2.05) is 64.1 Å². The number of hydrogen-bond donors (Lipinski definition) is 1. The van der Waals surface area contributed by atoms with Gasteiger partial charge in [0.25, 0.3) is 5.91 Å². The summed E-state index contributed by atoms with van der Waals surface area (Å²) in [6.45, 7) is 1.81. The number of ether oxygens (including phenoxy) is 1. The highest BCUT2D eigenvalue weighted by atomic mass is 16.5. The lowest BCUT2D eigenvalue weighted by Gasteiger charge is -2.18. The second kappa shape index (κ2) is 10.1. The molecular formula is C25H28N4O3. The van der Waals surface area contributed by atoms with Crippen LogP contribution in [0, 0.1) is 0 Å². The van der Waals surface area contributed by atoms with E-state index in [9.17, 15) is 9.59 Å². The van der Waals surface area contributed by atoms with Crippen LogP contribution in [0.25, 0.3) is 0 Å². The third kappa shape index (κ3) is 5.17. The lowest BCUT2D eigenvalue weighted by Crippen LogP contribution is -2.32. The molecule has 0 bridgehead atoms. The van der Waals surface area contributed by atoms with Crippen molar-refractivity contribution >= 4 is 11.8 Å². The van der Waals surface area contributed by atoms with Gasteiger partial charge in [0.15, 0.2) is 0 Å². The van der Waals surface area contributed by atoms with Gasteiger partial charge < -0.3 is 19.5 Å². The molecule has 0 saturated carbocycles. The zero-order valence-corrected chi connectivity index (χ0v) is 18.2. The predicted octanol–water partition coefficient (Wildman–Crippen LogP) is 2.88. The number of hydrogen-bond acceptors (Lipinski definition) is 4. The van der Waals surface area contributed by atoms with E-state index in [1.54, 1.807) is 19.6 Å². The zero-order chi connectivity index (χ0) is 22.3. The van der Waals surface area contributed by atoms with E-state index in [2.05, 4.69) is 10.3 Å². The van der Waals surface area contributed by atoms with Crippen LogP contribution in [0.1, 0.15) is 34.1 Å². The van der Waals surface area contributed by atoms with Gasteiger partial charge in [-0.15, -0.1) is 0 Å². The van der Waals surface area contributed by atoms with Crippen LogP contribution in [0.5, 0.6) is 5.75 Å². The normalized spacial score (nSPS) is 15.5. The van der Waals surface area contributed by atoms with Gasteiger partial charge in [0.05, 0.1) is 32.1 Å². The molecule has 1 aliphatic heterocycles. The number of rotatable bonds is 8. The Morgan fingerprint density at radius 2 is 1.88 bits per heavy atom. The quantitative estimate of drug-likeness (QED) is 0.594. The summed E-state index contributed by atoms with van der Waals surface area (Å²) in [7, 11) is 1.62. The summed E-state index contributed by atoms with van der Waals surface area (Å²) in [5, 5.41) is 2.98. The van der Waals surface area contributed by atoms with Gasteiger partial charge in [0, 0.05) is 19.6 Å². The second-order valence-electron chi connectivity index (χ2n) is 7.98. The number of methoxy groups -OCH3 is 1. The summed E-state index contributed by atoms with van der Waals surface area (Å²) in [5.41, 5.74) is 2.68. The largest absolute Gasteiger partial charge is 0.497 e. The molecule has 0 radical (unpaired) electrons. The van der Waals surface area contributed by atoms with Crippen LogP contribution in [-0.4, -0.2) is 53.0 Å². The third-order valence-electron chi connectivity index (χ3n) is 5.86. The van der Waals surface area contributed by atoms with E-state index in [-0.39, 0.29) is 17.9 Å². The van der Waals surface area contributed by atoms with Gasteiger partial charge in [-0.1, -0.05) is 42.5 Å². The Labute approximate surface area is 188 Å². The molecule has 3 aromatic rings. The van der Waals surface area contributed by atoms with Crippen LogP contribution in [-0.2, 0) is 17.6 Å². The Kier molecular flexibility index (Phi) is 6.84. The minimum Gasteiger partial charge on any atom is -0.497 e. The van der Waals surface area contributed by atoms with Crippen LogP contribution >= 0.6 is 0 Å². The molecule has 2 heterocycles. The summed E-state index contributed by atoms with van der Waals surface area (Å²) in [6.07, 6.45) is 5.22. The van der Waals surface area contributed by atoms with Crippen molar-refractivity contribution in [2.75, 3.05) is 26.7 Å². The molecule has 1 aliphatic rings. The number of amides is 2. The third-order valence-corrected chi connectivity index (χ3v) is 5.86. The molecule has 2 aromatic carbocycles. The van der Waals surface area contributed by atoms with Crippen molar-refractivity contribution in [2.24, 2.45) is 0 Å². The first kappa shape index (κ1) is 21.6. The van der Waals surface area contributed by atoms with Crippen LogP contribution in [0.3, 0.4) is 0 Å². The highest BCUT2D eigenvalue weighted by molar-refractivity contribution is 5.92. The van der Waals surface area contributed by atoms with E-state index in [4.69, 9.17) is 4.74 Å². The number of carbonyl (C=O) groups is 2. The molecule has 0 unspecified atom stereocenters. The molecule has 7 heteroatoms. The maximum Gasteiger partial charge on any atom is 0.269 e. The number of imidazole rings is 1. The molecule has 166 valence electrons. The van der Waals surface area contributed by atoms with Gasteiger partial charge >= 0.3 is 0 Å². The lowest BCUT2D eigenvalue weighted by molar-refractivity contribution is -0.129. The first-order chi connectivity index (χ1) is 15.6. The fraction of sp³-hybridized carbons (Fsp3) is 0.320. The Morgan fingerprint density at radius 3 is 2.62 bits per heavy atom. The summed E-state index contributed by atoms with van der Waals surface area (Å²) >= 11 is 0. The van der Waals surface area contributed by atoms with Gasteiger partial charge in [-0.05, 0) is 36.1 Å². The van der Waals surface area contributed by atoms with E-state index in [0.717, 1.165) is 24.2 Å². The molecule has 1 saturated heterocycles. The highest BCUT2D eigenvalue weighted by Crippen LogP contribution is 2.24.